The highest BCUT2D eigenvalue weighted by Crippen LogP contribution is 1.93. The third-order valence-electron chi connectivity index (χ3n) is 0.781. The molecule has 10 heavy (non-hydrogen) atoms. The van der Waals surface area contributed by atoms with Crippen LogP contribution in [0.3, 0.4) is 0 Å². The van der Waals surface area contributed by atoms with Crippen LogP contribution in [0, 0.1) is 0 Å². The molecule has 0 saturated heterocycles. The van der Waals surface area contributed by atoms with Crippen molar-refractivity contribution in [2.24, 2.45) is 0 Å². The fraction of sp³-hybridized carbons (Fsp3) is 0.600. The lowest BCUT2D eigenvalue weighted by atomic mass is 10.2. The topological polar surface area (TPSA) is 74.6 Å². The number of carbonyl (C=O) groups is 2. The molecule has 4 nitrogen and oxygen atoms in total. The van der Waals surface area contributed by atoms with E-state index in [1.807, 2.05) is 0 Å². The van der Waals surface area contributed by atoms with E-state index in [4.69, 9.17) is 10.2 Å². The van der Waals surface area contributed by atoms with Crippen LogP contribution < -0.4 is 0 Å². The Labute approximate surface area is 74.4 Å². The van der Waals surface area contributed by atoms with E-state index in [9.17, 15) is 9.59 Å². The summed E-state index contributed by atoms with van der Waals surface area (Å²) in [6, 6.07) is 0. The molecule has 0 aromatic carbocycles. The van der Waals surface area contributed by atoms with Gasteiger partial charge in [0.2, 0.25) is 0 Å². The molecule has 0 aromatic heterocycles. The standard InChI is InChI=1S/C5H8O4.Mg.2H/c6-4(7)2-1-3-5(8)9;;;/h1-3H2,(H,6,7)(H,8,9);;;. The number of aliphatic carboxylic acids is 2. The number of hydrogen-bond donors (Lipinski definition) is 2. The molecule has 0 radical (unpaired) electrons. The fourth-order valence-electron chi connectivity index (χ4n) is 0.391. The van der Waals surface area contributed by atoms with Crippen LogP contribution in [0.25, 0.3) is 0 Å². The maximum atomic E-state index is 9.79. The van der Waals surface area contributed by atoms with E-state index in [1.165, 1.54) is 0 Å². The summed E-state index contributed by atoms with van der Waals surface area (Å²) in [6.45, 7) is 0. The zero-order valence-electron chi connectivity index (χ0n) is 4.83. The third-order valence-corrected chi connectivity index (χ3v) is 0.781. The van der Waals surface area contributed by atoms with E-state index in [2.05, 4.69) is 0 Å². The van der Waals surface area contributed by atoms with Crippen molar-refractivity contribution in [2.75, 3.05) is 0 Å². The smallest absolute Gasteiger partial charge is 0.316 e. The highest BCUT2D eigenvalue weighted by atomic mass is 24.3. The molecule has 0 fully saturated rings. The molecule has 2 N–H and O–H groups in total. The van der Waals surface area contributed by atoms with Crippen LogP contribution in [-0.4, -0.2) is 45.2 Å². The van der Waals surface area contributed by atoms with Gasteiger partial charge in [0.1, 0.15) is 0 Å². The van der Waals surface area contributed by atoms with E-state index in [1.54, 1.807) is 0 Å². The zero-order valence-corrected chi connectivity index (χ0v) is 4.83. The molecule has 0 aliphatic rings. The Morgan fingerprint density at radius 1 is 1.00 bits per heavy atom. The van der Waals surface area contributed by atoms with Gasteiger partial charge in [-0.05, 0) is 6.42 Å². The van der Waals surface area contributed by atoms with Crippen LogP contribution in [0.4, 0.5) is 0 Å². The quantitative estimate of drug-likeness (QED) is 0.536. The maximum Gasteiger partial charge on any atom is 0.316 e. The molecular weight excluding hydrogens is 148 g/mol. The van der Waals surface area contributed by atoms with E-state index >= 15 is 0 Å². The van der Waals surface area contributed by atoms with Gasteiger partial charge in [0.05, 0.1) is 0 Å². The number of rotatable bonds is 4. The van der Waals surface area contributed by atoms with Gasteiger partial charge in [-0.25, -0.2) is 0 Å². The summed E-state index contributed by atoms with van der Waals surface area (Å²) in [7, 11) is 0. The van der Waals surface area contributed by atoms with Gasteiger partial charge in [-0.1, -0.05) is 0 Å². The van der Waals surface area contributed by atoms with Gasteiger partial charge in [0.15, 0.2) is 0 Å². The largest absolute Gasteiger partial charge is 0.481 e. The van der Waals surface area contributed by atoms with Crippen LogP contribution in [0.5, 0.6) is 0 Å². The molecule has 0 aliphatic carbocycles. The van der Waals surface area contributed by atoms with Crippen LogP contribution in [0.1, 0.15) is 19.3 Å². The second-order valence-corrected chi connectivity index (χ2v) is 1.64. The number of carboxylic acid groups (broad SMARTS) is 2. The van der Waals surface area contributed by atoms with Crippen LogP contribution in [-0.2, 0) is 9.59 Å². The molecule has 0 unspecified atom stereocenters. The maximum absolute atomic E-state index is 9.79. The zero-order chi connectivity index (χ0) is 7.28. The van der Waals surface area contributed by atoms with Crippen molar-refractivity contribution in [3.05, 3.63) is 0 Å². The fourth-order valence-corrected chi connectivity index (χ4v) is 0.391. The first-order valence-electron chi connectivity index (χ1n) is 2.56. The van der Waals surface area contributed by atoms with Crippen LogP contribution in [0.2, 0.25) is 0 Å². The van der Waals surface area contributed by atoms with Crippen molar-refractivity contribution in [1.82, 2.24) is 0 Å². The van der Waals surface area contributed by atoms with Crippen molar-refractivity contribution in [2.45, 2.75) is 19.3 Å². The Morgan fingerprint density at radius 2 is 1.30 bits per heavy atom. The predicted octanol–water partition coefficient (Wildman–Crippen LogP) is -0.590. The third kappa shape index (κ3) is 10.6. The molecular formula is C5H10MgO4. The minimum atomic E-state index is -0.948. The number of carboxylic acids is 2. The van der Waals surface area contributed by atoms with Crippen molar-refractivity contribution >= 4 is 35.0 Å². The monoisotopic (exact) mass is 158 g/mol. The highest BCUT2D eigenvalue weighted by molar-refractivity contribution is 5.75. The Morgan fingerprint density at radius 3 is 1.50 bits per heavy atom. The van der Waals surface area contributed by atoms with Gasteiger partial charge in [0, 0.05) is 12.8 Å². The van der Waals surface area contributed by atoms with E-state index in [-0.39, 0.29) is 42.3 Å². The summed E-state index contributed by atoms with van der Waals surface area (Å²) in [6.07, 6.45) is 0.0866. The molecule has 0 atom stereocenters. The van der Waals surface area contributed by atoms with Gasteiger partial charge < -0.3 is 10.2 Å². The SMILES string of the molecule is O=C(O)CCCC(=O)O.[MgH2]. The first-order valence-corrected chi connectivity index (χ1v) is 2.56. The van der Waals surface area contributed by atoms with Crippen molar-refractivity contribution in [3.8, 4) is 0 Å². The normalized spacial score (nSPS) is 8.00. The van der Waals surface area contributed by atoms with E-state index in [0.29, 0.717) is 0 Å². The molecule has 0 aliphatic heterocycles. The van der Waals surface area contributed by atoms with Crippen molar-refractivity contribution in [3.63, 3.8) is 0 Å². The molecule has 56 valence electrons. The molecule has 0 aromatic rings. The lowest BCUT2D eigenvalue weighted by Gasteiger charge is -1.89. The highest BCUT2D eigenvalue weighted by Gasteiger charge is 1.99. The van der Waals surface area contributed by atoms with Gasteiger partial charge in [0.25, 0.3) is 0 Å². The Bertz CT molecular complexity index is 109. The Kier molecular flexibility index (Phi) is 8.45. The van der Waals surface area contributed by atoms with Crippen molar-refractivity contribution in [1.29, 1.82) is 0 Å². The summed E-state index contributed by atoms with van der Waals surface area (Å²) >= 11 is 0. The Hall–Kier alpha value is -0.294. The van der Waals surface area contributed by atoms with Gasteiger partial charge >= 0.3 is 35.0 Å². The molecule has 0 spiro atoms. The second-order valence-electron chi connectivity index (χ2n) is 1.64. The molecule has 0 saturated carbocycles. The number of hydrogen-bond acceptors (Lipinski definition) is 2. The summed E-state index contributed by atoms with van der Waals surface area (Å²) in [5.41, 5.74) is 0. The molecule has 0 heterocycles. The van der Waals surface area contributed by atoms with Crippen molar-refractivity contribution < 1.29 is 19.8 Å². The lowest BCUT2D eigenvalue weighted by Crippen LogP contribution is -1.98. The molecule has 0 rings (SSSR count). The molecule has 0 amide bonds. The van der Waals surface area contributed by atoms with Gasteiger partial charge in [-0.2, -0.15) is 0 Å². The average Bonchev–Trinajstić information content (AvgIpc) is 1.63. The molecule has 5 heteroatoms. The lowest BCUT2D eigenvalue weighted by molar-refractivity contribution is -0.138. The summed E-state index contributed by atoms with van der Waals surface area (Å²) < 4.78 is 0. The summed E-state index contributed by atoms with van der Waals surface area (Å²) in [4.78, 5) is 19.6. The first kappa shape index (κ1) is 12.4. The first-order chi connectivity index (χ1) is 4.13. The van der Waals surface area contributed by atoms with Gasteiger partial charge in [-0.15, -0.1) is 0 Å². The van der Waals surface area contributed by atoms with E-state index in [0.717, 1.165) is 0 Å². The minimum Gasteiger partial charge on any atom is -0.481 e. The van der Waals surface area contributed by atoms with Gasteiger partial charge in [-0.3, -0.25) is 9.59 Å². The molecule has 0 bridgehead atoms. The average molecular weight is 158 g/mol. The van der Waals surface area contributed by atoms with E-state index < -0.39 is 11.9 Å². The van der Waals surface area contributed by atoms with Crippen LogP contribution in [0.15, 0.2) is 0 Å². The predicted molar refractivity (Wildman–Crippen MR) is 37.7 cm³/mol. The van der Waals surface area contributed by atoms with Crippen LogP contribution >= 0.6 is 0 Å². The summed E-state index contributed by atoms with van der Waals surface area (Å²) in [5.74, 6) is -1.90. The summed E-state index contributed by atoms with van der Waals surface area (Å²) in [5, 5.41) is 16.1. The minimum absolute atomic E-state index is 0. The Balaban J connectivity index is 0. The second kappa shape index (κ2) is 6.82.